The summed E-state index contributed by atoms with van der Waals surface area (Å²) in [5, 5.41) is 2.86. The molecule has 2 saturated heterocycles. The second kappa shape index (κ2) is 8.85. The van der Waals surface area contributed by atoms with Crippen LogP contribution in [-0.4, -0.2) is 64.4 Å². The SMILES string of the molecule is O=C(NC1CCC2(CC1)CCN(c1cc(F)c(F)cc1Cl)C2=O)c1nc[nH]c1C(=O)N1CC(F)C1. The Balaban J connectivity index is 1.21. The second-order valence-electron chi connectivity index (χ2n) is 9.39. The largest absolute Gasteiger partial charge is 0.348 e. The van der Waals surface area contributed by atoms with E-state index in [2.05, 4.69) is 15.3 Å². The van der Waals surface area contributed by atoms with Crippen molar-refractivity contribution in [2.45, 2.75) is 44.3 Å². The van der Waals surface area contributed by atoms with Crippen LogP contribution in [0.2, 0.25) is 5.02 Å². The van der Waals surface area contributed by atoms with Crippen molar-refractivity contribution in [3.05, 3.63) is 46.5 Å². The van der Waals surface area contributed by atoms with Gasteiger partial charge in [-0.2, -0.15) is 0 Å². The van der Waals surface area contributed by atoms with Crippen molar-refractivity contribution in [2.75, 3.05) is 24.5 Å². The van der Waals surface area contributed by atoms with Crippen molar-refractivity contribution in [1.29, 1.82) is 0 Å². The van der Waals surface area contributed by atoms with Gasteiger partial charge in [0.25, 0.3) is 11.8 Å². The van der Waals surface area contributed by atoms with E-state index >= 15 is 0 Å². The smallest absolute Gasteiger partial charge is 0.272 e. The molecule has 0 unspecified atom stereocenters. The summed E-state index contributed by atoms with van der Waals surface area (Å²) < 4.78 is 40.3. The van der Waals surface area contributed by atoms with Crippen molar-refractivity contribution in [3.8, 4) is 0 Å². The Hall–Kier alpha value is -3.08. The molecule has 1 aromatic heterocycles. The van der Waals surface area contributed by atoms with Crippen molar-refractivity contribution in [2.24, 2.45) is 5.41 Å². The number of H-pyrrole nitrogens is 1. The summed E-state index contributed by atoms with van der Waals surface area (Å²) in [5.41, 5.74) is -0.524. The molecule has 186 valence electrons. The highest BCUT2D eigenvalue weighted by atomic mass is 35.5. The molecule has 2 aliphatic heterocycles. The molecule has 1 aliphatic carbocycles. The van der Waals surface area contributed by atoms with Gasteiger partial charge < -0.3 is 20.1 Å². The first kappa shape index (κ1) is 23.7. The maximum atomic E-state index is 13.8. The van der Waals surface area contributed by atoms with E-state index in [1.54, 1.807) is 0 Å². The molecule has 12 heteroatoms. The highest BCUT2D eigenvalue weighted by molar-refractivity contribution is 6.34. The van der Waals surface area contributed by atoms with E-state index in [4.69, 9.17) is 11.6 Å². The lowest BCUT2D eigenvalue weighted by molar-refractivity contribution is -0.127. The third kappa shape index (κ3) is 4.15. The molecule has 3 heterocycles. The number of alkyl halides is 1. The maximum absolute atomic E-state index is 13.8. The van der Waals surface area contributed by atoms with Crippen LogP contribution in [0.1, 0.15) is 53.1 Å². The lowest BCUT2D eigenvalue weighted by atomic mass is 9.71. The first-order chi connectivity index (χ1) is 16.7. The fourth-order valence-electron chi connectivity index (χ4n) is 5.18. The molecule has 8 nitrogen and oxygen atoms in total. The van der Waals surface area contributed by atoms with Gasteiger partial charge in [-0.25, -0.2) is 18.2 Å². The van der Waals surface area contributed by atoms with Gasteiger partial charge in [0.1, 0.15) is 11.9 Å². The van der Waals surface area contributed by atoms with Crippen LogP contribution in [0.5, 0.6) is 0 Å². The van der Waals surface area contributed by atoms with Gasteiger partial charge in [0.15, 0.2) is 17.3 Å². The van der Waals surface area contributed by atoms with E-state index in [0.29, 0.717) is 38.6 Å². The number of carbonyl (C=O) groups is 3. The van der Waals surface area contributed by atoms with Crippen LogP contribution in [0.15, 0.2) is 18.5 Å². The minimum absolute atomic E-state index is 0.00948. The normalized spacial score (nSPS) is 24.7. The van der Waals surface area contributed by atoms with Crippen LogP contribution in [-0.2, 0) is 4.79 Å². The van der Waals surface area contributed by atoms with Gasteiger partial charge >= 0.3 is 0 Å². The number of carbonyl (C=O) groups excluding carboxylic acids is 3. The van der Waals surface area contributed by atoms with Gasteiger partial charge in [-0.15, -0.1) is 0 Å². The van der Waals surface area contributed by atoms with Gasteiger partial charge in [-0.1, -0.05) is 11.6 Å². The number of nitrogens with zero attached hydrogens (tertiary/aromatic N) is 3. The molecule has 35 heavy (non-hydrogen) atoms. The van der Waals surface area contributed by atoms with E-state index in [1.165, 1.54) is 16.1 Å². The van der Waals surface area contributed by atoms with Crippen LogP contribution in [0, 0.1) is 17.0 Å². The van der Waals surface area contributed by atoms with E-state index in [0.717, 1.165) is 12.1 Å². The number of hydrogen-bond acceptors (Lipinski definition) is 4. The van der Waals surface area contributed by atoms with Crippen LogP contribution in [0.25, 0.3) is 0 Å². The molecule has 2 N–H and O–H groups in total. The Morgan fingerprint density at radius 1 is 1.14 bits per heavy atom. The van der Waals surface area contributed by atoms with E-state index < -0.39 is 35.0 Å². The quantitative estimate of drug-likeness (QED) is 0.618. The van der Waals surface area contributed by atoms with Crippen LogP contribution < -0.4 is 10.2 Å². The molecule has 1 aromatic carbocycles. The Morgan fingerprint density at radius 2 is 1.83 bits per heavy atom. The van der Waals surface area contributed by atoms with Crippen LogP contribution in [0.3, 0.4) is 0 Å². The number of benzene rings is 1. The molecule has 3 amide bonds. The summed E-state index contributed by atoms with van der Waals surface area (Å²) in [6.07, 6.45) is 2.81. The Kier molecular flexibility index (Phi) is 5.98. The van der Waals surface area contributed by atoms with E-state index in [9.17, 15) is 27.6 Å². The zero-order valence-corrected chi connectivity index (χ0v) is 19.4. The van der Waals surface area contributed by atoms with Gasteiger partial charge in [-0.3, -0.25) is 14.4 Å². The van der Waals surface area contributed by atoms with Gasteiger partial charge in [-0.05, 0) is 38.2 Å². The zero-order valence-electron chi connectivity index (χ0n) is 18.6. The summed E-state index contributed by atoms with van der Waals surface area (Å²) >= 11 is 6.08. The average Bonchev–Trinajstić information content (AvgIpc) is 3.42. The van der Waals surface area contributed by atoms with E-state index in [-0.39, 0.29) is 47.1 Å². The molecule has 0 radical (unpaired) electrons. The van der Waals surface area contributed by atoms with Crippen molar-refractivity contribution >= 4 is 35.0 Å². The second-order valence-corrected chi connectivity index (χ2v) is 9.79. The summed E-state index contributed by atoms with van der Waals surface area (Å²) in [6, 6.07) is 1.58. The summed E-state index contributed by atoms with van der Waals surface area (Å²) in [4.78, 5) is 47.9. The highest BCUT2D eigenvalue weighted by Crippen LogP contribution is 2.47. The third-order valence-corrected chi connectivity index (χ3v) is 7.57. The van der Waals surface area contributed by atoms with Crippen LogP contribution >= 0.6 is 11.6 Å². The number of imidazole rings is 1. The van der Waals surface area contributed by atoms with E-state index in [1.807, 2.05) is 0 Å². The van der Waals surface area contributed by atoms with Gasteiger partial charge in [0, 0.05) is 18.7 Å². The molecule has 0 atom stereocenters. The molecule has 3 fully saturated rings. The topological polar surface area (TPSA) is 98.4 Å². The molecule has 1 spiro atoms. The number of rotatable bonds is 4. The zero-order chi connectivity index (χ0) is 24.9. The molecule has 3 aliphatic rings. The first-order valence-electron chi connectivity index (χ1n) is 11.4. The number of amides is 3. The highest BCUT2D eigenvalue weighted by Gasteiger charge is 2.49. The maximum Gasteiger partial charge on any atom is 0.272 e. The standard InChI is InChI=1S/C23H23ClF3N5O3/c24-14-7-15(26)16(27)8-17(14)32-6-5-23(22(32)35)3-1-13(2-4-23)30-20(33)18-19(29-11-28-18)21(34)31-9-12(25)10-31/h7-8,11-13H,1-6,9-10H2,(H,28,29)(H,30,33). The minimum atomic E-state index is -1.07. The van der Waals surface area contributed by atoms with Crippen molar-refractivity contribution < 1.29 is 27.6 Å². The Labute approximate surface area is 203 Å². The molecule has 0 bridgehead atoms. The molecule has 1 saturated carbocycles. The fraction of sp³-hybridized carbons (Fsp3) is 0.478. The van der Waals surface area contributed by atoms with Crippen LogP contribution in [0.4, 0.5) is 18.9 Å². The number of aromatic amines is 1. The Bertz CT molecular complexity index is 1190. The number of hydrogen-bond donors (Lipinski definition) is 2. The number of likely N-dealkylation sites (tertiary alicyclic amines) is 1. The number of halogens is 4. The molecule has 5 rings (SSSR count). The van der Waals surface area contributed by atoms with Crippen molar-refractivity contribution in [1.82, 2.24) is 20.2 Å². The molecular weight excluding hydrogens is 487 g/mol. The first-order valence-corrected chi connectivity index (χ1v) is 11.8. The fourth-order valence-corrected chi connectivity index (χ4v) is 5.43. The predicted octanol–water partition coefficient (Wildman–Crippen LogP) is 3.23. The van der Waals surface area contributed by atoms with Gasteiger partial charge in [0.05, 0.1) is 35.5 Å². The predicted molar refractivity (Wildman–Crippen MR) is 120 cm³/mol. The monoisotopic (exact) mass is 509 g/mol. The summed E-state index contributed by atoms with van der Waals surface area (Å²) in [5.74, 6) is -3.32. The lowest BCUT2D eigenvalue weighted by Crippen LogP contribution is -2.52. The number of aromatic nitrogens is 2. The summed E-state index contributed by atoms with van der Waals surface area (Å²) in [7, 11) is 0. The summed E-state index contributed by atoms with van der Waals surface area (Å²) in [6.45, 7) is 0.324. The Morgan fingerprint density at radius 3 is 2.51 bits per heavy atom. The molecule has 2 aromatic rings. The van der Waals surface area contributed by atoms with Crippen molar-refractivity contribution in [3.63, 3.8) is 0 Å². The minimum Gasteiger partial charge on any atom is -0.348 e. The number of nitrogens with one attached hydrogen (secondary N) is 2. The average molecular weight is 510 g/mol. The lowest BCUT2D eigenvalue weighted by Gasteiger charge is -2.36. The third-order valence-electron chi connectivity index (χ3n) is 7.26. The molecular formula is C23H23ClF3N5O3. The van der Waals surface area contributed by atoms with Gasteiger partial charge in [0.2, 0.25) is 5.91 Å². The number of anilines is 1.